The van der Waals surface area contributed by atoms with Crippen LogP contribution in [0.4, 0.5) is 5.69 Å². The van der Waals surface area contributed by atoms with Gasteiger partial charge in [-0.05, 0) is 86.8 Å². The molecule has 2 aromatic carbocycles. The topological polar surface area (TPSA) is 75.7 Å². The summed E-state index contributed by atoms with van der Waals surface area (Å²) in [6.07, 6.45) is 2.71. The highest BCUT2D eigenvalue weighted by atomic mass is 35.5. The summed E-state index contributed by atoms with van der Waals surface area (Å²) >= 11 is 6.19. The number of carbonyl (C=O) groups excluding carboxylic acids is 1. The number of anilines is 1. The first-order valence-electron chi connectivity index (χ1n) is 10.4. The Bertz CT molecular complexity index is 1120. The zero-order valence-corrected chi connectivity index (χ0v) is 19.6. The van der Waals surface area contributed by atoms with Crippen LogP contribution in [-0.2, 0) is 20.0 Å². The summed E-state index contributed by atoms with van der Waals surface area (Å²) in [5.41, 5.74) is 2.78. The van der Waals surface area contributed by atoms with Gasteiger partial charge in [0, 0.05) is 23.5 Å². The molecule has 2 aliphatic rings. The van der Waals surface area contributed by atoms with Crippen LogP contribution in [0, 0.1) is 13.8 Å². The molecule has 0 radical (unpaired) electrons. The number of nitrogens with zero attached hydrogens (tertiary/aromatic N) is 1. The number of hydrogen-bond donors (Lipinski definition) is 1. The van der Waals surface area contributed by atoms with Crippen molar-refractivity contribution in [3.05, 3.63) is 52.0 Å². The number of benzene rings is 2. The van der Waals surface area contributed by atoms with Gasteiger partial charge in [0.25, 0.3) is 0 Å². The van der Waals surface area contributed by atoms with Crippen LogP contribution in [0.15, 0.2) is 35.2 Å². The lowest BCUT2D eigenvalue weighted by atomic mass is 9.73. The van der Waals surface area contributed by atoms with Gasteiger partial charge in [0.15, 0.2) is 9.84 Å². The fraction of sp³-hybridized carbons (Fsp3) is 0.435. The van der Waals surface area contributed by atoms with E-state index >= 15 is 0 Å². The van der Waals surface area contributed by atoms with Crippen molar-refractivity contribution in [2.24, 2.45) is 0 Å². The van der Waals surface area contributed by atoms with Crippen molar-refractivity contribution in [3.63, 3.8) is 0 Å². The first-order chi connectivity index (χ1) is 14.6. The Morgan fingerprint density at radius 3 is 2.39 bits per heavy atom. The maximum Gasteiger partial charge on any atom is 0.235 e. The quantitative estimate of drug-likeness (QED) is 0.732. The van der Waals surface area contributed by atoms with Crippen LogP contribution in [0.3, 0.4) is 0 Å². The molecule has 6 nitrogen and oxygen atoms in total. The van der Waals surface area contributed by atoms with Crippen molar-refractivity contribution >= 4 is 33.0 Å². The van der Waals surface area contributed by atoms with Gasteiger partial charge in [0.2, 0.25) is 5.91 Å². The summed E-state index contributed by atoms with van der Waals surface area (Å²) in [6.45, 7) is 6.42. The van der Waals surface area contributed by atoms with E-state index in [0.29, 0.717) is 33.4 Å². The zero-order chi connectivity index (χ0) is 22.4. The zero-order valence-electron chi connectivity index (χ0n) is 18.0. The molecule has 1 spiro atoms. The lowest BCUT2D eigenvalue weighted by molar-refractivity contribution is -0.122. The average molecular weight is 463 g/mol. The fourth-order valence-electron chi connectivity index (χ4n) is 4.91. The maximum absolute atomic E-state index is 12.7. The van der Waals surface area contributed by atoms with Crippen LogP contribution in [-0.4, -0.2) is 51.7 Å². The largest absolute Gasteiger partial charge is 0.492 e. The smallest absolute Gasteiger partial charge is 0.235 e. The van der Waals surface area contributed by atoms with Gasteiger partial charge in [-0.1, -0.05) is 11.6 Å². The molecule has 1 saturated heterocycles. The SMILES string of the molecule is Cc1cc(OCCN2CCC3(CC2)C(=O)Nc2ccc(Cl)cc23)cc(C)c1S(C)(=O)=O. The summed E-state index contributed by atoms with van der Waals surface area (Å²) in [4.78, 5) is 15.4. The molecule has 0 bridgehead atoms. The van der Waals surface area contributed by atoms with Crippen molar-refractivity contribution in [1.82, 2.24) is 4.90 Å². The molecular formula is C23H27ClN2O4S. The third kappa shape index (κ3) is 4.19. The van der Waals surface area contributed by atoms with E-state index in [1.807, 2.05) is 12.1 Å². The molecule has 4 rings (SSSR count). The Hall–Kier alpha value is -2.09. The summed E-state index contributed by atoms with van der Waals surface area (Å²) in [7, 11) is -3.26. The van der Waals surface area contributed by atoms with Gasteiger partial charge in [-0.2, -0.15) is 0 Å². The van der Waals surface area contributed by atoms with Gasteiger partial charge in [-0.25, -0.2) is 8.42 Å². The second kappa shape index (κ2) is 8.11. The molecule has 1 amide bonds. The third-order valence-electron chi connectivity index (χ3n) is 6.37. The summed E-state index contributed by atoms with van der Waals surface area (Å²) in [6, 6.07) is 9.15. The predicted molar refractivity (Wildman–Crippen MR) is 122 cm³/mol. The number of amides is 1. The van der Waals surface area contributed by atoms with Crippen LogP contribution >= 0.6 is 11.6 Å². The highest BCUT2D eigenvalue weighted by Gasteiger charge is 2.48. The lowest BCUT2D eigenvalue weighted by Gasteiger charge is -2.38. The molecule has 1 N–H and O–H groups in total. The lowest BCUT2D eigenvalue weighted by Crippen LogP contribution is -2.47. The number of aryl methyl sites for hydroxylation is 2. The monoisotopic (exact) mass is 462 g/mol. The Kier molecular flexibility index (Phi) is 5.79. The molecule has 0 saturated carbocycles. The maximum atomic E-state index is 12.7. The number of fused-ring (bicyclic) bond motifs is 2. The third-order valence-corrected chi connectivity index (χ3v) is 7.99. The number of likely N-dealkylation sites (tertiary alicyclic amines) is 1. The van der Waals surface area contributed by atoms with E-state index in [2.05, 4.69) is 10.2 Å². The molecule has 8 heteroatoms. The molecule has 31 heavy (non-hydrogen) atoms. The summed E-state index contributed by atoms with van der Waals surface area (Å²) in [5.74, 6) is 0.743. The molecule has 0 aliphatic carbocycles. The minimum Gasteiger partial charge on any atom is -0.492 e. The summed E-state index contributed by atoms with van der Waals surface area (Å²) < 4.78 is 29.8. The number of hydrogen-bond acceptors (Lipinski definition) is 5. The van der Waals surface area contributed by atoms with Gasteiger partial charge in [0.1, 0.15) is 12.4 Å². The molecule has 2 heterocycles. The van der Waals surface area contributed by atoms with Crippen LogP contribution in [0.25, 0.3) is 0 Å². The van der Waals surface area contributed by atoms with Gasteiger partial charge in [-0.15, -0.1) is 0 Å². The van der Waals surface area contributed by atoms with Gasteiger partial charge < -0.3 is 10.1 Å². The van der Waals surface area contributed by atoms with E-state index in [-0.39, 0.29) is 5.91 Å². The fourth-order valence-corrected chi connectivity index (χ4v) is 6.37. The number of piperidine rings is 1. The Labute approximate surface area is 188 Å². The number of rotatable bonds is 5. The minimum absolute atomic E-state index is 0.0672. The molecule has 0 atom stereocenters. The first kappa shape index (κ1) is 22.1. The van der Waals surface area contributed by atoms with Crippen molar-refractivity contribution in [3.8, 4) is 5.75 Å². The van der Waals surface area contributed by atoms with Crippen LogP contribution in [0.1, 0.15) is 29.5 Å². The average Bonchev–Trinajstić information content (AvgIpc) is 2.93. The van der Waals surface area contributed by atoms with Crippen LogP contribution < -0.4 is 10.1 Å². The number of nitrogens with one attached hydrogen (secondary N) is 1. The number of halogens is 1. The highest BCUT2D eigenvalue weighted by molar-refractivity contribution is 7.90. The molecular weight excluding hydrogens is 436 g/mol. The minimum atomic E-state index is -3.26. The molecule has 1 fully saturated rings. The van der Waals surface area contributed by atoms with E-state index in [1.165, 1.54) is 6.26 Å². The molecule has 0 aromatic heterocycles. The summed E-state index contributed by atoms with van der Waals surface area (Å²) in [5, 5.41) is 3.66. The Morgan fingerprint density at radius 2 is 1.77 bits per heavy atom. The molecule has 166 valence electrons. The predicted octanol–water partition coefficient (Wildman–Crippen LogP) is 3.73. The van der Waals surface area contributed by atoms with E-state index < -0.39 is 15.3 Å². The molecule has 2 aromatic rings. The van der Waals surface area contributed by atoms with Crippen molar-refractivity contribution in [2.75, 3.05) is 37.8 Å². The van der Waals surface area contributed by atoms with Gasteiger partial charge in [-0.3, -0.25) is 9.69 Å². The van der Waals surface area contributed by atoms with E-state index in [9.17, 15) is 13.2 Å². The van der Waals surface area contributed by atoms with Gasteiger partial charge in [0.05, 0.1) is 10.3 Å². The van der Waals surface area contributed by atoms with E-state index in [0.717, 1.165) is 43.7 Å². The number of carbonyl (C=O) groups is 1. The molecule has 2 aliphatic heterocycles. The van der Waals surface area contributed by atoms with Crippen molar-refractivity contribution in [2.45, 2.75) is 37.0 Å². The normalized spacial score (nSPS) is 18.1. The van der Waals surface area contributed by atoms with Crippen LogP contribution in [0.5, 0.6) is 5.75 Å². The van der Waals surface area contributed by atoms with E-state index in [4.69, 9.17) is 16.3 Å². The number of sulfone groups is 1. The standard InChI is InChI=1S/C23H27ClN2O4S/c1-15-12-18(13-16(2)21(15)31(3,28)29)30-11-10-26-8-6-23(7-9-26)19-14-17(24)4-5-20(19)25-22(23)27/h4-5,12-14H,6-11H2,1-3H3,(H,25,27). The van der Waals surface area contributed by atoms with E-state index in [1.54, 1.807) is 32.0 Å². The van der Waals surface area contributed by atoms with Crippen molar-refractivity contribution < 1.29 is 17.9 Å². The van der Waals surface area contributed by atoms with Crippen molar-refractivity contribution in [1.29, 1.82) is 0 Å². The highest BCUT2D eigenvalue weighted by Crippen LogP contribution is 2.45. The Morgan fingerprint density at radius 1 is 1.13 bits per heavy atom. The first-order valence-corrected chi connectivity index (χ1v) is 12.6. The second-order valence-corrected chi connectivity index (χ2v) is 11.0. The number of ether oxygens (including phenoxy) is 1. The van der Waals surface area contributed by atoms with Gasteiger partial charge >= 0.3 is 0 Å². The van der Waals surface area contributed by atoms with Crippen LogP contribution in [0.2, 0.25) is 5.02 Å². The molecule has 0 unspecified atom stereocenters. The Balaban J connectivity index is 1.36. The second-order valence-electron chi connectivity index (χ2n) is 8.57.